The first-order valence-corrected chi connectivity index (χ1v) is 8.23. The number of hydrogen-bond acceptors (Lipinski definition) is 4. The van der Waals surface area contributed by atoms with Crippen molar-refractivity contribution >= 4 is 40.9 Å². The fourth-order valence-electron chi connectivity index (χ4n) is 1.84. The average Bonchev–Trinajstić information content (AvgIpc) is 2.55. The Bertz CT molecular complexity index is 716. The summed E-state index contributed by atoms with van der Waals surface area (Å²) in [6, 6.07) is 12.5. The predicted molar refractivity (Wildman–Crippen MR) is 93.3 cm³/mol. The third kappa shape index (κ3) is 5.01. The maximum Gasteiger partial charge on any atom is 0.337 e. The molecule has 120 valence electrons. The number of rotatable bonds is 5. The Morgan fingerprint density at radius 1 is 1.17 bits per heavy atom. The molecule has 0 heterocycles. The normalized spacial score (nSPS) is 10.2. The molecule has 0 atom stereocenters. The number of thioether (sulfide) groups is 1. The molecule has 0 aliphatic rings. The van der Waals surface area contributed by atoms with E-state index >= 15 is 0 Å². The van der Waals surface area contributed by atoms with Crippen LogP contribution in [0.3, 0.4) is 0 Å². The second kappa shape index (κ2) is 8.04. The lowest BCUT2D eigenvalue weighted by molar-refractivity contribution is -0.113. The largest absolute Gasteiger partial charge is 0.465 e. The van der Waals surface area contributed by atoms with Crippen molar-refractivity contribution < 1.29 is 14.3 Å². The zero-order valence-electron chi connectivity index (χ0n) is 12.8. The molecule has 0 radical (unpaired) electrons. The molecule has 4 nitrogen and oxygen atoms in total. The van der Waals surface area contributed by atoms with E-state index in [4.69, 9.17) is 11.6 Å². The lowest BCUT2D eigenvalue weighted by Gasteiger charge is -2.09. The summed E-state index contributed by atoms with van der Waals surface area (Å²) in [5.74, 6) is -0.423. The zero-order valence-corrected chi connectivity index (χ0v) is 14.3. The van der Waals surface area contributed by atoms with Crippen LogP contribution in [0.15, 0.2) is 47.4 Å². The van der Waals surface area contributed by atoms with Gasteiger partial charge in [-0.2, -0.15) is 0 Å². The van der Waals surface area contributed by atoms with E-state index in [1.165, 1.54) is 30.5 Å². The van der Waals surface area contributed by atoms with E-state index in [1.807, 2.05) is 31.2 Å². The smallest absolute Gasteiger partial charge is 0.337 e. The maximum atomic E-state index is 12.0. The number of aryl methyl sites for hydroxylation is 1. The van der Waals surface area contributed by atoms with Crippen LogP contribution in [0.1, 0.15) is 15.9 Å². The van der Waals surface area contributed by atoms with E-state index in [9.17, 15) is 9.59 Å². The Labute approximate surface area is 144 Å². The van der Waals surface area contributed by atoms with E-state index in [-0.39, 0.29) is 11.7 Å². The monoisotopic (exact) mass is 349 g/mol. The summed E-state index contributed by atoms with van der Waals surface area (Å²) < 4.78 is 4.65. The molecular formula is C17H16ClNO3S. The second-order valence-corrected chi connectivity index (χ2v) is 6.29. The number of amides is 1. The van der Waals surface area contributed by atoms with E-state index < -0.39 is 5.97 Å². The van der Waals surface area contributed by atoms with Crippen molar-refractivity contribution in [3.8, 4) is 0 Å². The topological polar surface area (TPSA) is 55.4 Å². The van der Waals surface area contributed by atoms with Crippen LogP contribution in [0.25, 0.3) is 0 Å². The minimum absolute atomic E-state index is 0.195. The number of hydrogen-bond donors (Lipinski definition) is 1. The van der Waals surface area contributed by atoms with Crippen LogP contribution in [0.5, 0.6) is 0 Å². The summed E-state index contributed by atoms with van der Waals surface area (Å²) in [4.78, 5) is 24.6. The summed E-state index contributed by atoms with van der Waals surface area (Å²) >= 11 is 7.48. The van der Waals surface area contributed by atoms with Crippen LogP contribution in [0, 0.1) is 6.92 Å². The molecule has 0 fully saturated rings. The summed E-state index contributed by atoms with van der Waals surface area (Å²) in [5, 5.41) is 3.08. The molecule has 0 aromatic heterocycles. The highest BCUT2D eigenvalue weighted by Gasteiger charge is 2.11. The molecule has 6 heteroatoms. The lowest BCUT2D eigenvalue weighted by Crippen LogP contribution is -2.15. The minimum Gasteiger partial charge on any atom is -0.465 e. The van der Waals surface area contributed by atoms with Gasteiger partial charge in [-0.05, 0) is 37.3 Å². The van der Waals surface area contributed by atoms with E-state index in [2.05, 4.69) is 10.1 Å². The maximum absolute atomic E-state index is 12.0. The zero-order chi connectivity index (χ0) is 16.8. The molecular weight excluding hydrogens is 334 g/mol. The van der Waals surface area contributed by atoms with Crippen molar-refractivity contribution in [3.05, 3.63) is 58.6 Å². The quantitative estimate of drug-likeness (QED) is 0.650. The fraction of sp³-hybridized carbons (Fsp3) is 0.176. The standard InChI is InChI=1S/C17H16ClNO3S/c1-11-3-6-13(7-4-11)23-10-16(20)19-15-9-12(17(21)22-2)5-8-14(15)18/h3-9H,10H2,1-2H3,(H,19,20). The van der Waals surface area contributed by atoms with E-state index in [1.54, 1.807) is 12.1 Å². The van der Waals surface area contributed by atoms with Crippen LogP contribution in [0.4, 0.5) is 5.69 Å². The number of ether oxygens (including phenoxy) is 1. The van der Waals surface area contributed by atoms with Crippen molar-refractivity contribution in [1.82, 2.24) is 0 Å². The Hall–Kier alpha value is -1.98. The number of carbonyl (C=O) groups excluding carboxylic acids is 2. The summed E-state index contributed by atoms with van der Waals surface area (Å²) in [7, 11) is 1.30. The van der Waals surface area contributed by atoms with Crippen LogP contribution < -0.4 is 5.32 Å². The minimum atomic E-state index is -0.480. The van der Waals surface area contributed by atoms with Crippen LogP contribution in [0.2, 0.25) is 5.02 Å². The molecule has 0 aliphatic heterocycles. The van der Waals surface area contributed by atoms with Gasteiger partial charge in [-0.25, -0.2) is 4.79 Å². The molecule has 0 bridgehead atoms. The third-order valence-electron chi connectivity index (χ3n) is 3.05. The Balaban J connectivity index is 1.99. The van der Waals surface area contributed by atoms with Gasteiger partial charge in [0.2, 0.25) is 5.91 Å². The second-order valence-electron chi connectivity index (χ2n) is 4.84. The summed E-state index contributed by atoms with van der Waals surface area (Å²) in [6.45, 7) is 2.01. The molecule has 1 amide bonds. The fourth-order valence-corrected chi connectivity index (χ4v) is 2.70. The van der Waals surface area contributed by atoms with Crippen molar-refractivity contribution in [2.45, 2.75) is 11.8 Å². The number of esters is 1. The Morgan fingerprint density at radius 3 is 2.52 bits per heavy atom. The van der Waals surface area contributed by atoms with Gasteiger partial charge in [0.1, 0.15) is 0 Å². The van der Waals surface area contributed by atoms with Gasteiger partial charge >= 0.3 is 5.97 Å². The van der Waals surface area contributed by atoms with Crippen molar-refractivity contribution in [2.75, 3.05) is 18.2 Å². The molecule has 2 aromatic carbocycles. The molecule has 0 saturated carbocycles. The molecule has 0 saturated heterocycles. The van der Waals surface area contributed by atoms with Gasteiger partial charge < -0.3 is 10.1 Å². The van der Waals surface area contributed by atoms with Gasteiger partial charge in [-0.1, -0.05) is 29.3 Å². The SMILES string of the molecule is COC(=O)c1ccc(Cl)c(NC(=O)CSc2ccc(C)cc2)c1. The molecule has 0 spiro atoms. The van der Waals surface area contributed by atoms with Gasteiger partial charge in [-0.15, -0.1) is 11.8 Å². The van der Waals surface area contributed by atoms with Gasteiger partial charge in [-0.3, -0.25) is 4.79 Å². The highest BCUT2D eigenvalue weighted by molar-refractivity contribution is 8.00. The molecule has 0 unspecified atom stereocenters. The summed E-state index contributed by atoms with van der Waals surface area (Å²) in [5.41, 5.74) is 1.90. The Morgan fingerprint density at radius 2 is 1.87 bits per heavy atom. The molecule has 23 heavy (non-hydrogen) atoms. The first-order chi connectivity index (χ1) is 11.0. The van der Waals surface area contributed by atoms with Crippen LogP contribution in [-0.4, -0.2) is 24.7 Å². The number of nitrogens with one attached hydrogen (secondary N) is 1. The van der Waals surface area contributed by atoms with Gasteiger partial charge in [0, 0.05) is 4.90 Å². The van der Waals surface area contributed by atoms with Gasteiger partial charge in [0.25, 0.3) is 0 Å². The number of carbonyl (C=O) groups is 2. The van der Waals surface area contributed by atoms with Crippen LogP contribution >= 0.6 is 23.4 Å². The average molecular weight is 350 g/mol. The van der Waals surface area contributed by atoms with Crippen LogP contribution in [-0.2, 0) is 9.53 Å². The Kier molecular flexibility index (Phi) is 6.07. The number of halogens is 1. The van der Waals surface area contributed by atoms with Gasteiger partial charge in [0.15, 0.2) is 0 Å². The number of benzene rings is 2. The first kappa shape index (κ1) is 17.4. The lowest BCUT2D eigenvalue weighted by atomic mass is 10.2. The van der Waals surface area contributed by atoms with E-state index in [0.29, 0.717) is 16.3 Å². The predicted octanol–water partition coefficient (Wildman–Crippen LogP) is 4.17. The van der Waals surface area contributed by atoms with Crippen molar-refractivity contribution in [2.24, 2.45) is 0 Å². The van der Waals surface area contributed by atoms with E-state index in [0.717, 1.165) is 4.90 Å². The third-order valence-corrected chi connectivity index (χ3v) is 4.39. The first-order valence-electron chi connectivity index (χ1n) is 6.87. The number of anilines is 1. The molecule has 0 aliphatic carbocycles. The number of methoxy groups -OCH3 is 1. The highest BCUT2D eigenvalue weighted by atomic mass is 35.5. The van der Waals surface area contributed by atoms with Crippen molar-refractivity contribution in [3.63, 3.8) is 0 Å². The molecule has 2 aromatic rings. The van der Waals surface area contributed by atoms with Crippen molar-refractivity contribution in [1.29, 1.82) is 0 Å². The summed E-state index contributed by atoms with van der Waals surface area (Å²) in [6.07, 6.45) is 0. The van der Waals surface area contributed by atoms with Gasteiger partial charge in [0.05, 0.1) is 29.1 Å². The molecule has 1 N–H and O–H groups in total. The highest BCUT2D eigenvalue weighted by Crippen LogP contribution is 2.24. The molecule has 2 rings (SSSR count).